The number of carbonyl (C=O) groups excluding carboxylic acids is 1. The number of benzene rings is 1. The van der Waals surface area contributed by atoms with Gasteiger partial charge in [0.1, 0.15) is 0 Å². The van der Waals surface area contributed by atoms with Crippen LogP contribution in [-0.2, 0) is 9.53 Å². The number of carbonyl (C=O) groups is 1. The highest BCUT2D eigenvalue weighted by Gasteiger charge is 2.10. The van der Waals surface area contributed by atoms with Crippen molar-refractivity contribution in [2.24, 2.45) is 0 Å². The highest BCUT2D eigenvalue weighted by Crippen LogP contribution is 2.37. The van der Waals surface area contributed by atoms with Crippen LogP contribution in [0.25, 0.3) is 6.08 Å². The first-order chi connectivity index (χ1) is 18.6. The van der Waals surface area contributed by atoms with Crippen molar-refractivity contribution in [1.82, 2.24) is 0 Å². The normalized spacial score (nSPS) is 11.2. The zero-order valence-corrected chi connectivity index (χ0v) is 24.7. The number of hydrogen-bond acceptors (Lipinski definition) is 5. The van der Waals surface area contributed by atoms with Crippen molar-refractivity contribution in [3.05, 3.63) is 23.8 Å². The fourth-order valence-electron chi connectivity index (χ4n) is 4.75. The van der Waals surface area contributed by atoms with Gasteiger partial charge in [-0.1, -0.05) is 129 Å². The first-order valence-electron chi connectivity index (χ1n) is 15.4. The molecule has 0 amide bonds. The van der Waals surface area contributed by atoms with E-state index in [2.05, 4.69) is 6.92 Å². The van der Waals surface area contributed by atoms with E-state index in [-0.39, 0.29) is 11.7 Å². The molecule has 38 heavy (non-hydrogen) atoms. The summed E-state index contributed by atoms with van der Waals surface area (Å²) in [5.74, 6) is 0.159. The van der Waals surface area contributed by atoms with Crippen LogP contribution in [0.2, 0.25) is 0 Å². The van der Waals surface area contributed by atoms with E-state index in [1.54, 1.807) is 18.2 Å². The van der Waals surface area contributed by atoms with E-state index in [1.165, 1.54) is 136 Å². The molecule has 0 aliphatic carbocycles. The number of phenols is 1. The van der Waals surface area contributed by atoms with Gasteiger partial charge < -0.3 is 19.3 Å². The number of methoxy groups -OCH3 is 2. The molecule has 0 spiro atoms. The first-order valence-corrected chi connectivity index (χ1v) is 15.4. The van der Waals surface area contributed by atoms with Crippen molar-refractivity contribution in [3.63, 3.8) is 0 Å². The maximum Gasteiger partial charge on any atom is 0.330 e. The van der Waals surface area contributed by atoms with Gasteiger partial charge in [-0.2, -0.15) is 0 Å². The molecule has 218 valence electrons. The van der Waals surface area contributed by atoms with Gasteiger partial charge >= 0.3 is 5.97 Å². The zero-order valence-electron chi connectivity index (χ0n) is 24.7. The van der Waals surface area contributed by atoms with Crippen molar-refractivity contribution in [2.75, 3.05) is 20.8 Å². The molecule has 0 unspecified atom stereocenters. The maximum absolute atomic E-state index is 12.0. The summed E-state index contributed by atoms with van der Waals surface area (Å²) in [6.45, 7) is 2.73. The predicted octanol–water partition coefficient (Wildman–Crippen LogP) is 9.79. The molecule has 0 radical (unpaired) electrons. The van der Waals surface area contributed by atoms with Crippen LogP contribution in [-0.4, -0.2) is 31.9 Å². The third-order valence-corrected chi connectivity index (χ3v) is 7.16. The number of rotatable bonds is 25. The molecule has 1 aromatic rings. The molecule has 1 rings (SSSR count). The molecule has 1 aromatic carbocycles. The molecule has 0 bridgehead atoms. The molecular weight excluding hydrogens is 476 g/mol. The van der Waals surface area contributed by atoms with Crippen LogP contribution < -0.4 is 9.47 Å². The van der Waals surface area contributed by atoms with E-state index in [4.69, 9.17) is 14.2 Å². The van der Waals surface area contributed by atoms with Gasteiger partial charge in [-0.15, -0.1) is 0 Å². The molecule has 0 aromatic heterocycles. The summed E-state index contributed by atoms with van der Waals surface area (Å²) in [5.41, 5.74) is 0.687. The van der Waals surface area contributed by atoms with E-state index in [9.17, 15) is 9.90 Å². The van der Waals surface area contributed by atoms with Gasteiger partial charge in [0.15, 0.2) is 11.5 Å². The van der Waals surface area contributed by atoms with Crippen LogP contribution in [0, 0.1) is 0 Å². The number of unbranched alkanes of at least 4 members (excludes halogenated alkanes) is 19. The quantitative estimate of drug-likeness (QED) is 0.0771. The minimum atomic E-state index is -0.367. The Morgan fingerprint density at radius 3 is 1.39 bits per heavy atom. The fourth-order valence-corrected chi connectivity index (χ4v) is 4.75. The Balaban J connectivity index is 1.90. The Labute approximate surface area is 233 Å². The van der Waals surface area contributed by atoms with E-state index >= 15 is 0 Å². The van der Waals surface area contributed by atoms with E-state index in [0.29, 0.717) is 23.7 Å². The van der Waals surface area contributed by atoms with Gasteiger partial charge in [-0.3, -0.25) is 0 Å². The van der Waals surface area contributed by atoms with E-state index < -0.39 is 0 Å². The van der Waals surface area contributed by atoms with Crippen LogP contribution in [0.5, 0.6) is 17.2 Å². The molecule has 5 nitrogen and oxygen atoms in total. The average molecular weight is 533 g/mol. The minimum absolute atomic E-state index is 0.0608. The number of esters is 1. The second kappa shape index (κ2) is 23.9. The topological polar surface area (TPSA) is 65.0 Å². The lowest BCUT2D eigenvalue weighted by molar-refractivity contribution is -0.137. The second-order valence-corrected chi connectivity index (χ2v) is 10.5. The monoisotopic (exact) mass is 532 g/mol. The Bertz CT molecular complexity index is 718. The largest absolute Gasteiger partial charge is 0.502 e. The second-order valence-electron chi connectivity index (χ2n) is 10.5. The lowest BCUT2D eigenvalue weighted by Crippen LogP contribution is -2.02. The van der Waals surface area contributed by atoms with Gasteiger partial charge in [-0.05, 0) is 30.2 Å². The highest BCUT2D eigenvalue weighted by atomic mass is 16.5. The first kappa shape index (κ1) is 33.9. The molecule has 0 atom stereocenters. The summed E-state index contributed by atoms with van der Waals surface area (Å²) in [7, 11) is 2.94. The van der Waals surface area contributed by atoms with Gasteiger partial charge in [0.25, 0.3) is 0 Å². The zero-order chi connectivity index (χ0) is 27.7. The van der Waals surface area contributed by atoms with E-state index in [1.807, 2.05) is 0 Å². The molecule has 0 heterocycles. The fraction of sp³-hybridized carbons (Fsp3) is 0.727. The molecule has 0 aliphatic heterocycles. The maximum atomic E-state index is 12.0. The molecule has 0 aliphatic rings. The number of aromatic hydroxyl groups is 1. The minimum Gasteiger partial charge on any atom is -0.502 e. The van der Waals surface area contributed by atoms with Crippen molar-refractivity contribution in [1.29, 1.82) is 0 Å². The highest BCUT2D eigenvalue weighted by molar-refractivity contribution is 5.87. The third-order valence-electron chi connectivity index (χ3n) is 7.16. The summed E-state index contributed by atoms with van der Waals surface area (Å²) in [4.78, 5) is 12.0. The number of ether oxygens (including phenoxy) is 3. The summed E-state index contributed by atoms with van der Waals surface area (Å²) >= 11 is 0. The van der Waals surface area contributed by atoms with Crippen LogP contribution in [0.1, 0.15) is 141 Å². The van der Waals surface area contributed by atoms with Crippen molar-refractivity contribution in [2.45, 2.75) is 135 Å². The smallest absolute Gasteiger partial charge is 0.330 e. The lowest BCUT2D eigenvalue weighted by atomic mass is 10.0. The summed E-state index contributed by atoms with van der Waals surface area (Å²) in [6.07, 6.45) is 30.0. The molecule has 5 heteroatoms. The van der Waals surface area contributed by atoms with E-state index in [0.717, 1.165) is 12.8 Å². The molecule has 0 saturated heterocycles. The summed E-state index contributed by atoms with van der Waals surface area (Å²) in [6, 6.07) is 3.28. The molecule has 1 N–H and O–H groups in total. The molecule has 0 fully saturated rings. The van der Waals surface area contributed by atoms with Crippen molar-refractivity contribution < 1.29 is 24.1 Å². The Hall–Kier alpha value is -2.17. The van der Waals surface area contributed by atoms with Crippen LogP contribution in [0.15, 0.2) is 18.2 Å². The van der Waals surface area contributed by atoms with Crippen molar-refractivity contribution >= 4 is 12.0 Å². The average Bonchev–Trinajstić information content (AvgIpc) is 2.93. The SMILES string of the molecule is CCCCCCCCCCCCCCCCCCCCCCOC(=O)/C=C/c1cc(OC)c(O)c(OC)c1. The van der Waals surface area contributed by atoms with Gasteiger partial charge in [0.05, 0.1) is 20.8 Å². The Morgan fingerprint density at radius 2 is 1.03 bits per heavy atom. The van der Waals surface area contributed by atoms with Crippen LogP contribution >= 0.6 is 0 Å². The Kier molecular flexibility index (Phi) is 21.3. The molecule has 0 saturated carbocycles. The summed E-state index contributed by atoms with van der Waals surface area (Å²) < 4.78 is 15.6. The molecular formula is C33H56O5. The third kappa shape index (κ3) is 17.4. The number of phenolic OH excluding ortho intramolecular Hbond substituents is 1. The van der Waals surface area contributed by atoms with Gasteiger partial charge in [0, 0.05) is 6.08 Å². The van der Waals surface area contributed by atoms with Gasteiger partial charge in [0.2, 0.25) is 5.75 Å². The standard InChI is InChI=1S/C33H56O5/c1-4-5-6-7-8-9-10-11-12-13-14-15-16-17-18-19-20-21-22-23-26-38-32(34)25-24-29-27-30(36-2)33(35)31(28-29)37-3/h24-25,27-28,35H,4-23,26H2,1-3H3/b25-24+. The van der Waals surface area contributed by atoms with Gasteiger partial charge in [-0.25, -0.2) is 4.79 Å². The Morgan fingerprint density at radius 1 is 0.658 bits per heavy atom. The number of hydrogen-bond donors (Lipinski definition) is 1. The van der Waals surface area contributed by atoms with Crippen LogP contribution in [0.3, 0.4) is 0 Å². The predicted molar refractivity (Wildman–Crippen MR) is 159 cm³/mol. The van der Waals surface area contributed by atoms with Crippen LogP contribution in [0.4, 0.5) is 0 Å². The van der Waals surface area contributed by atoms with Crippen molar-refractivity contribution in [3.8, 4) is 17.2 Å². The lowest BCUT2D eigenvalue weighted by Gasteiger charge is -2.09. The summed E-state index contributed by atoms with van der Waals surface area (Å²) in [5, 5.41) is 9.96.